The van der Waals surface area contributed by atoms with Gasteiger partial charge in [0.2, 0.25) is 5.91 Å². The van der Waals surface area contributed by atoms with Crippen LogP contribution in [0.25, 0.3) is 0 Å². The van der Waals surface area contributed by atoms with Crippen molar-refractivity contribution in [3.05, 3.63) is 70.7 Å². The van der Waals surface area contributed by atoms with E-state index in [9.17, 15) is 29.0 Å². The van der Waals surface area contributed by atoms with Crippen LogP contribution in [0.3, 0.4) is 0 Å². The summed E-state index contributed by atoms with van der Waals surface area (Å²) in [5.41, 5.74) is 1.22. The highest BCUT2D eigenvalue weighted by Crippen LogP contribution is 2.37. The summed E-state index contributed by atoms with van der Waals surface area (Å²) in [7, 11) is -4.43. The maximum Gasteiger partial charge on any atom is 0.326 e. The average Bonchev–Trinajstić information content (AvgIpc) is 2.62. The molecule has 0 saturated heterocycles. The lowest BCUT2D eigenvalue weighted by molar-refractivity contribution is -0.138. The zero-order valence-corrected chi connectivity index (χ0v) is 16.5. The third kappa shape index (κ3) is 7.09. The molecule has 0 spiro atoms. The minimum Gasteiger partial charge on any atom is -0.481 e. The third-order valence-corrected chi connectivity index (χ3v) is 5.37. The van der Waals surface area contributed by atoms with Crippen molar-refractivity contribution in [1.29, 1.82) is 0 Å². The van der Waals surface area contributed by atoms with E-state index >= 15 is 0 Å². The fourth-order valence-electron chi connectivity index (χ4n) is 2.82. The molecule has 0 fully saturated rings. The van der Waals surface area contributed by atoms with Crippen LogP contribution in [0.1, 0.15) is 17.0 Å². The third-order valence-electron chi connectivity index (χ3n) is 4.20. The number of halogens is 1. The molecule has 0 radical (unpaired) electrons. The first-order valence-corrected chi connectivity index (χ1v) is 10.7. The Morgan fingerprint density at radius 3 is 2.18 bits per heavy atom. The van der Waals surface area contributed by atoms with Crippen LogP contribution in [-0.4, -0.2) is 39.5 Å². The van der Waals surface area contributed by atoms with E-state index in [-0.39, 0.29) is 13.0 Å². The summed E-state index contributed by atoms with van der Waals surface area (Å²) in [5, 5.41) is 12.4. The number of carbonyl (C=O) groups excluding carboxylic acids is 1. The normalized spacial score (nSPS) is 13.5. The number of carboxylic acids is 1. The van der Waals surface area contributed by atoms with Gasteiger partial charge in [0.05, 0.1) is 18.0 Å². The summed E-state index contributed by atoms with van der Waals surface area (Å²) in [5.74, 6) is -3.72. The number of amides is 1. The molecule has 2 unspecified atom stereocenters. The van der Waals surface area contributed by atoms with Crippen molar-refractivity contribution < 1.29 is 29.0 Å². The molecule has 2 atom stereocenters. The first-order chi connectivity index (χ1) is 13.2. The smallest absolute Gasteiger partial charge is 0.326 e. The number of rotatable bonds is 9. The van der Waals surface area contributed by atoms with Crippen molar-refractivity contribution in [1.82, 2.24) is 5.32 Å². The molecule has 9 heteroatoms. The van der Waals surface area contributed by atoms with E-state index < -0.39 is 37.5 Å². The van der Waals surface area contributed by atoms with Crippen LogP contribution >= 0.6 is 19.2 Å². The monoisotopic (exact) mass is 425 g/mol. The number of carbonyl (C=O) groups is 2. The highest BCUT2D eigenvalue weighted by Gasteiger charge is 2.29. The lowest BCUT2D eigenvalue weighted by Gasteiger charge is -2.20. The van der Waals surface area contributed by atoms with Gasteiger partial charge in [-0.05, 0) is 29.7 Å². The molecule has 150 valence electrons. The topological polar surface area (TPSA) is 124 Å². The molecule has 2 rings (SSSR count). The Bertz CT molecular complexity index is 852. The van der Waals surface area contributed by atoms with Gasteiger partial charge in [-0.2, -0.15) is 0 Å². The molecule has 0 heterocycles. The van der Waals surface area contributed by atoms with Gasteiger partial charge in [0.25, 0.3) is 0 Å². The van der Waals surface area contributed by atoms with Crippen molar-refractivity contribution in [2.75, 3.05) is 12.7 Å². The van der Waals surface area contributed by atoms with E-state index in [0.717, 1.165) is 5.56 Å². The minimum absolute atomic E-state index is 0.135. The van der Waals surface area contributed by atoms with Crippen molar-refractivity contribution >= 4 is 31.1 Å². The molecule has 0 aromatic heterocycles. The highest BCUT2D eigenvalue weighted by molar-refractivity contribution is 7.51. The Labute approximate surface area is 167 Å². The number of benzene rings is 2. The fraction of sp³-hybridized carbons (Fsp3) is 0.263. The van der Waals surface area contributed by atoms with Crippen molar-refractivity contribution in [3.63, 3.8) is 0 Å². The molecular formula is C19H21ClNO6P. The Hall–Kier alpha value is -2.18. The summed E-state index contributed by atoms with van der Waals surface area (Å²) < 4.78 is 11.4. The molecule has 0 bridgehead atoms. The van der Waals surface area contributed by atoms with Gasteiger partial charge in [0, 0.05) is 11.6 Å². The molecule has 2 aromatic rings. The van der Waals surface area contributed by atoms with Gasteiger partial charge < -0.3 is 20.2 Å². The van der Waals surface area contributed by atoms with E-state index in [2.05, 4.69) is 5.32 Å². The van der Waals surface area contributed by atoms with Crippen LogP contribution in [-0.2, 0) is 20.6 Å². The van der Waals surface area contributed by atoms with E-state index in [1.54, 1.807) is 54.6 Å². The molecule has 1 amide bonds. The van der Waals surface area contributed by atoms with Gasteiger partial charge in [-0.15, -0.1) is 0 Å². The first kappa shape index (κ1) is 22.1. The van der Waals surface area contributed by atoms with Gasteiger partial charge in [-0.3, -0.25) is 14.2 Å². The van der Waals surface area contributed by atoms with Crippen LogP contribution in [0, 0.1) is 5.92 Å². The quantitative estimate of drug-likeness (QED) is 0.458. The van der Waals surface area contributed by atoms with Crippen LogP contribution < -0.4 is 5.32 Å². The fourth-order valence-corrected chi connectivity index (χ4v) is 3.81. The zero-order valence-electron chi connectivity index (χ0n) is 14.9. The van der Waals surface area contributed by atoms with Crippen LogP contribution in [0.2, 0.25) is 5.02 Å². The summed E-state index contributed by atoms with van der Waals surface area (Å²) in [6.45, 7) is -0.206. The van der Waals surface area contributed by atoms with Crippen molar-refractivity contribution in [2.24, 2.45) is 5.92 Å². The first-order valence-electron chi connectivity index (χ1n) is 8.50. The summed E-state index contributed by atoms with van der Waals surface area (Å²) in [4.78, 5) is 42.8. The summed E-state index contributed by atoms with van der Waals surface area (Å²) >= 11 is 5.81. The lowest BCUT2D eigenvalue weighted by atomic mass is 9.97. The van der Waals surface area contributed by atoms with Gasteiger partial charge in [-0.25, -0.2) is 0 Å². The number of hydrogen-bond donors (Lipinski definition) is 4. The maximum absolute atomic E-state index is 12.6. The minimum atomic E-state index is -4.43. The Kier molecular flexibility index (Phi) is 7.78. The molecule has 2 aromatic carbocycles. The van der Waals surface area contributed by atoms with Gasteiger partial charge in [-0.1, -0.05) is 54.1 Å². The summed E-state index contributed by atoms with van der Waals surface area (Å²) in [6, 6.07) is 15.1. The Morgan fingerprint density at radius 2 is 1.64 bits per heavy atom. The molecule has 0 aliphatic heterocycles. The van der Waals surface area contributed by atoms with E-state index in [1.165, 1.54) is 0 Å². The van der Waals surface area contributed by atoms with Crippen LogP contribution in [0.15, 0.2) is 54.6 Å². The Balaban J connectivity index is 2.11. The second-order valence-electron chi connectivity index (χ2n) is 6.42. The van der Waals surface area contributed by atoms with Crippen LogP contribution in [0.4, 0.5) is 0 Å². The van der Waals surface area contributed by atoms with Gasteiger partial charge >= 0.3 is 13.6 Å². The SMILES string of the molecule is O=C(NCC(C(=O)O)c1ccc(Cl)cc1)C(Cc1ccccc1)CP(=O)(O)O. The molecule has 0 saturated carbocycles. The number of nitrogens with one attached hydrogen (secondary N) is 1. The second kappa shape index (κ2) is 9.85. The average molecular weight is 426 g/mol. The van der Waals surface area contributed by atoms with Crippen molar-refractivity contribution in [2.45, 2.75) is 12.3 Å². The van der Waals surface area contributed by atoms with Gasteiger partial charge in [0.1, 0.15) is 0 Å². The molecule has 4 N–H and O–H groups in total. The highest BCUT2D eigenvalue weighted by atomic mass is 35.5. The number of carboxylic acid groups (broad SMARTS) is 1. The largest absolute Gasteiger partial charge is 0.481 e. The Morgan fingerprint density at radius 1 is 1.04 bits per heavy atom. The molecule has 7 nitrogen and oxygen atoms in total. The number of aliphatic carboxylic acids is 1. The van der Waals surface area contributed by atoms with E-state index in [0.29, 0.717) is 10.6 Å². The van der Waals surface area contributed by atoms with Crippen molar-refractivity contribution in [3.8, 4) is 0 Å². The standard InChI is InChI=1S/C19H21ClNO6P/c20-16-8-6-14(7-9-16)17(19(23)24)11-21-18(22)15(12-28(25,26)27)10-13-4-2-1-3-5-13/h1-9,15,17H,10-12H2,(H,21,22)(H,23,24)(H2,25,26,27). The summed E-state index contributed by atoms with van der Waals surface area (Å²) in [6.07, 6.45) is -0.483. The van der Waals surface area contributed by atoms with E-state index in [1.807, 2.05) is 0 Å². The molecule has 28 heavy (non-hydrogen) atoms. The van der Waals surface area contributed by atoms with E-state index in [4.69, 9.17) is 11.6 Å². The zero-order chi connectivity index (χ0) is 20.7. The molecule has 0 aliphatic carbocycles. The second-order valence-corrected chi connectivity index (χ2v) is 8.55. The molecular weight excluding hydrogens is 405 g/mol. The molecule has 0 aliphatic rings. The lowest BCUT2D eigenvalue weighted by Crippen LogP contribution is -2.38. The van der Waals surface area contributed by atoms with Gasteiger partial charge in [0.15, 0.2) is 0 Å². The predicted molar refractivity (Wildman–Crippen MR) is 105 cm³/mol. The number of hydrogen-bond acceptors (Lipinski definition) is 3. The van der Waals surface area contributed by atoms with Crippen LogP contribution in [0.5, 0.6) is 0 Å². The maximum atomic E-state index is 12.6. The predicted octanol–water partition coefficient (Wildman–Crippen LogP) is 2.66.